The first-order valence-corrected chi connectivity index (χ1v) is 6.09. The first-order chi connectivity index (χ1) is 7.89. The van der Waals surface area contributed by atoms with Gasteiger partial charge in [0.25, 0.3) is 0 Å². The molecule has 0 atom stereocenters. The number of hydrogen-bond acceptors (Lipinski definition) is 3. The summed E-state index contributed by atoms with van der Waals surface area (Å²) >= 11 is 3.53. The van der Waals surface area contributed by atoms with Crippen LogP contribution in [0.25, 0.3) is 5.69 Å². The van der Waals surface area contributed by atoms with E-state index in [9.17, 15) is 5.11 Å². The molecular formula is C12H14BrN3O. The van der Waals surface area contributed by atoms with Crippen LogP contribution in [0.3, 0.4) is 0 Å². The topological polar surface area (TPSA) is 50.9 Å². The van der Waals surface area contributed by atoms with Crippen molar-refractivity contribution >= 4 is 15.9 Å². The lowest BCUT2D eigenvalue weighted by Crippen LogP contribution is -2.15. The van der Waals surface area contributed by atoms with Crippen LogP contribution in [0, 0.1) is 6.92 Å². The summed E-state index contributed by atoms with van der Waals surface area (Å²) in [4.78, 5) is 0. The fraction of sp³-hybridized carbons (Fsp3) is 0.333. The quantitative estimate of drug-likeness (QED) is 0.926. The molecule has 0 fully saturated rings. The number of rotatable bonds is 2. The molecule has 1 heterocycles. The third-order valence-corrected chi connectivity index (χ3v) is 3.57. The van der Waals surface area contributed by atoms with Gasteiger partial charge in [0.1, 0.15) is 11.3 Å². The Morgan fingerprint density at radius 1 is 1.35 bits per heavy atom. The zero-order valence-electron chi connectivity index (χ0n) is 9.98. The minimum Gasteiger partial charge on any atom is -0.384 e. The van der Waals surface area contributed by atoms with Crippen LogP contribution in [0.15, 0.2) is 28.9 Å². The van der Waals surface area contributed by atoms with Gasteiger partial charge in [0.15, 0.2) is 0 Å². The Hall–Kier alpha value is -1.20. The second-order valence-corrected chi connectivity index (χ2v) is 5.31. The standard InChI is InChI=1S/C12H14BrN3O/c1-8-5-4-6-9(11(8)13)16-7-10(14-15-16)12(2,3)17/h4-7,17H,1-3H3. The zero-order chi connectivity index (χ0) is 12.6. The Morgan fingerprint density at radius 3 is 2.65 bits per heavy atom. The van der Waals surface area contributed by atoms with Crippen LogP contribution < -0.4 is 0 Å². The highest BCUT2D eigenvalue weighted by Gasteiger charge is 2.20. The van der Waals surface area contributed by atoms with Gasteiger partial charge in [-0.2, -0.15) is 0 Å². The average Bonchev–Trinajstić information content (AvgIpc) is 2.70. The number of aliphatic hydroxyl groups is 1. The van der Waals surface area contributed by atoms with Gasteiger partial charge in [-0.1, -0.05) is 17.3 Å². The molecule has 0 bridgehead atoms. The van der Waals surface area contributed by atoms with E-state index in [0.717, 1.165) is 15.7 Å². The Kier molecular flexibility index (Phi) is 3.05. The summed E-state index contributed by atoms with van der Waals surface area (Å²) in [5, 5.41) is 17.9. The van der Waals surface area contributed by atoms with Gasteiger partial charge >= 0.3 is 0 Å². The van der Waals surface area contributed by atoms with Gasteiger partial charge in [-0.05, 0) is 48.3 Å². The highest BCUT2D eigenvalue weighted by atomic mass is 79.9. The molecule has 4 nitrogen and oxygen atoms in total. The molecule has 0 unspecified atom stereocenters. The predicted octanol–water partition coefficient (Wildman–Crippen LogP) is 2.57. The van der Waals surface area contributed by atoms with Crippen molar-refractivity contribution in [2.45, 2.75) is 26.4 Å². The van der Waals surface area contributed by atoms with Crippen molar-refractivity contribution in [3.63, 3.8) is 0 Å². The Balaban J connectivity index is 2.48. The second-order valence-electron chi connectivity index (χ2n) is 4.52. The number of hydrogen-bond donors (Lipinski definition) is 1. The summed E-state index contributed by atoms with van der Waals surface area (Å²) in [6.07, 6.45) is 1.74. The van der Waals surface area contributed by atoms with Crippen molar-refractivity contribution in [1.29, 1.82) is 0 Å². The highest BCUT2D eigenvalue weighted by molar-refractivity contribution is 9.10. The first kappa shape index (κ1) is 12.3. The Labute approximate surface area is 108 Å². The molecular weight excluding hydrogens is 282 g/mol. The van der Waals surface area contributed by atoms with E-state index in [1.165, 1.54) is 0 Å². The number of benzene rings is 1. The van der Waals surface area contributed by atoms with Gasteiger partial charge in [0.05, 0.1) is 11.9 Å². The van der Waals surface area contributed by atoms with Gasteiger partial charge in [-0.25, -0.2) is 4.68 Å². The summed E-state index contributed by atoms with van der Waals surface area (Å²) in [5.41, 5.74) is 1.61. The molecule has 17 heavy (non-hydrogen) atoms. The maximum atomic E-state index is 9.85. The van der Waals surface area contributed by atoms with Crippen LogP contribution in [0.1, 0.15) is 25.1 Å². The predicted molar refractivity (Wildman–Crippen MR) is 69.0 cm³/mol. The third kappa shape index (κ3) is 2.40. The van der Waals surface area contributed by atoms with E-state index in [2.05, 4.69) is 26.2 Å². The fourth-order valence-corrected chi connectivity index (χ4v) is 1.92. The molecule has 0 aliphatic rings. The van der Waals surface area contributed by atoms with Crippen LogP contribution in [-0.4, -0.2) is 20.1 Å². The molecule has 1 aromatic carbocycles. The van der Waals surface area contributed by atoms with E-state index in [1.807, 2.05) is 25.1 Å². The lowest BCUT2D eigenvalue weighted by molar-refractivity contribution is 0.0737. The molecule has 2 rings (SSSR count). The Morgan fingerprint density at radius 2 is 2.06 bits per heavy atom. The van der Waals surface area contributed by atoms with Crippen LogP contribution in [0.4, 0.5) is 0 Å². The van der Waals surface area contributed by atoms with Gasteiger partial charge in [-0.3, -0.25) is 0 Å². The maximum Gasteiger partial charge on any atom is 0.114 e. The molecule has 0 radical (unpaired) electrons. The number of aryl methyl sites for hydroxylation is 1. The molecule has 0 saturated heterocycles. The van der Waals surface area contributed by atoms with Crippen molar-refractivity contribution in [2.24, 2.45) is 0 Å². The van der Waals surface area contributed by atoms with Gasteiger partial charge < -0.3 is 5.11 Å². The highest BCUT2D eigenvalue weighted by Crippen LogP contribution is 2.25. The van der Waals surface area contributed by atoms with Gasteiger partial charge in [0, 0.05) is 4.47 Å². The summed E-state index contributed by atoms with van der Waals surface area (Å²) in [5.74, 6) is 0. The summed E-state index contributed by atoms with van der Waals surface area (Å²) < 4.78 is 2.64. The average molecular weight is 296 g/mol. The molecule has 0 amide bonds. The van der Waals surface area contributed by atoms with Crippen molar-refractivity contribution < 1.29 is 5.11 Å². The van der Waals surface area contributed by atoms with E-state index in [4.69, 9.17) is 0 Å². The molecule has 2 aromatic rings. The van der Waals surface area contributed by atoms with Gasteiger partial charge in [0.2, 0.25) is 0 Å². The molecule has 5 heteroatoms. The minimum absolute atomic E-state index is 0.547. The normalized spacial score (nSPS) is 11.8. The second kappa shape index (κ2) is 4.23. The van der Waals surface area contributed by atoms with Crippen LogP contribution in [0.2, 0.25) is 0 Å². The molecule has 0 spiro atoms. The van der Waals surface area contributed by atoms with Crippen LogP contribution in [0.5, 0.6) is 0 Å². The minimum atomic E-state index is -0.978. The number of halogens is 1. The first-order valence-electron chi connectivity index (χ1n) is 5.30. The summed E-state index contributed by atoms with van der Waals surface area (Å²) in [6, 6.07) is 5.92. The van der Waals surface area contributed by atoms with E-state index >= 15 is 0 Å². The number of aromatic nitrogens is 3. The van der Waals surface area contributed by atoms with E-state index in [-0.39, 0.29) is 0 Å². The van der Waals surface area contributed by atoms with Crippen molar-refractivity contribution in [3.05, 3.63) is 40.1 Å². The van der Waals surface area contributed by atoms with E-state index in [0.29, 0.717) is 5.69 Å². The molecule has 1 N–H and O–H groups in total. The largest absolute Gasteiger partial charge is 0.384 e. The number of nitrogens with zero attached hydrogens (tertiary/aromatic N) is 3. The molecule has 0 saturated carbocycles. The van der Waals surface area contributed by atoms with Crippen molar-refractivity contribution in [3.8, 4) is 5.69 Å². The monoisotopic (exact) mass is 295 g/mol. The van der Waals surface area contributed by atoms with E-state index < -0.39 is 5.60 Å². The van der Waals surface area contributed by atoms with Gasteiger partial charge in [-0.15, -0.1) is 5.10 Å². The summed E-state index contributed by atoms with van der Waals surface area (Å²) in [7, 11) is 0. The SMILES string of the molecule is Cc1cccc(-n2cc(C(C)(C)O)nn2)c1Br. The maximum absolute atomic E-state index is 9.85. The third-order valence-electron chi connectivity index (χ3n) is 2.54. The zero-order valence-corrected chi connectivity index (χ0v) is 11.6. The van der Waals surface area contributed by atoms with Crippen LogP contribution >= 0.6 is 15.9 Å². The lowest BCUT2D eigenvalue weighted by atomic mass is 10.1. The van der Waals surface area contributed by atoms with E-state index in [1.54, 1.807) is 24.7 Å². The van der Waals surface area contributed by atoms with Crippen molar-refractivity contribution in [1.82, 2.24) is 15.0 Å². The molecule has 1 aromatic heterocycles. The van der Waals surface area contributed by atoms with Crippen LogP contribution in [-0.2, 0) is 5.60 Å². The summed E-state index contributed by atoms with van der Waals surface area (Å²) in [6.45, 7) is 5.39. The molecule has 90 valence electrons. The fourth-order valence-electron chi connectivity index (χ4n) is 1.47. The van der Waals surface area contributed by atoms with Crippen molar-refractivity contribution in [2.75, 3.05) is 0 Å². The molecule has 0 aliphatic carbocycles. The lowest BCUT2D eigenvalue weighted by Gasteiger charge is -2.12. The molecule has 0 aliphatic heterocycles. The smallest absolute Gasteiger partial charge is 0.114 e. The Bertz CT molecular complexity index is 543.